The molecule has 2 aromatic heterocycles. The Bertz CT molecular complexity index is 538. The highest BCUT2D eigenvalue weighted by molar-refractivity contribution is 9.10. The van der Waals surface area contributed by atoms with Gasteiger partial charge in [0.2, 0.25) is 0 Å². The summed E-state index contributed by atoms with van der Waals surface area (Å²) >= 11 is 5.01. The summed E-state index contributed by atoms with van der Waals surface area (Å²) in [5.41, 5.74) is 7.62. The summed E-state index contributed by atoms with van der Waals surface area (Å²) in [5, 5.41) is 6.23. The first-order valence-corrected chi connectivity index (χ1v) is 6.85. The number of hydrogen-bond acceptors (Lipinski definition) is 4. The third-order valence-electron chi connectivity index (χ3n) is 2.34. The average Bonchev–Trinajstić information content (AvgIpc) is 2.59. The van der Waals surface area contributed by atoms with Crippen molar-refractivity contribution in [3.63, 3.8) is 0 Å². The van der Waals surface area contributed by atoms with Gasteiger partial charge in [0, 0.05) is 12.7 Å². The Balaban J connectivity index is 2.39. The second kappa shape index (κ2) is 5.10. The lowest BCUT2D eigenvalue weighted by atomic mass is 10.4. The van der Waals surface area contributed by atoms with Crippen molar-refractivity contribution in [2.24, 2.45) is 0 Å². The second-order valence-electron chi connectivity index (χ2n) is 3.51. The lowest BCUT2D eigenvalue weighted by molar-refractivity contribution is 0.602. The Morgan fingerprint density at radius 1 is 1.53 bits per heavy atom. The van der Waals surface area contributed by atoms with Crippen molar-refractivity contribution in [3.05, 3.63) is 28.5 Å². The molecule has 17 heavy (non-hydrogen) atoms. The Morgan fingerprint density at radius 2 is 2.29 bits per heavy atom. The molecule has 0 aliphatic heterocycles. The third kappa shape index (κ3) is 2.47. The summed E-state index contributed by atoms with van der Waals surface area (Å²) in [6.45, 7) is 4.76. The first-order chi connectivity index (χ1) is 8.13. The molecule has 2 aromatic rings. The molecule has 4 nitrogen and oxygen atoms in total. The standard InChI is InChI=1S/C11H13BrN4S/c1-3-16-11(9(13)7(2)15-16)17-10-8(12)5-4-6-14-10/h4-6H,3,13H2,1-2H3. The predicted molar refractivity (Wildman–Crippen MR) is 73.1 cm³/mol. The highest BCUT2D eigenvalue weighted by Gasteiger charge is 2.14. The van der Waals surface area contributed by atoms with Crippen molar-refractivity contribution in [1.29, 1.82) is 0 Å². The number of nitrogens with zero attached hydrogens (tertiary/aromatic N) is 3. The summed E-state index contributed by atoms with van der Waals surface area (Å²) in [6.07, 6.45) is 1.77. The van der Waals surface area contributed by atoms with Crippen LogP contribution in [0.2, 0.25) is 0 Å². The van der Waals surface area contributed by atoms with Crippen molar-refractivity contribution in [2.75, 3.05) is 5.73 Å². The van der Waals surface area contributed by atoms with Crippen LogP contribution in [0.4, 0.5) is 5.69 Å². The van der Waals surface area contributed by atoms with Crippen molar-refractivity contribution in [1.82, 2.24) is 14.8 Å². The Morgan fingerprint density at radius 3 is 2.94 bits per heavy atom. The fourth-order valence-electron chi connectivity index (χ4n) is 1.43. The van der Waals surface area contributed by atoms with Crippen molar-refractivity contribution in [3.8, 4) is 0 Å². The van der Waals surface area contributed by atoms with Gasteiger partial charge in [-0.2, -0.15) is 5.10 Å². The molecule has 2 heterocycles. The summed E-state index contributed by atoms with van der Waals surface area (Å²) in [7, 11) is 0. The SMILES string of the molecule is CCn1nc(C)c(N)c1Sc1ncccc1Br. The molecule has 6 heteroatoms. The number of nitrogens with two attached hydrogens (primary N) is 1. The minimum atomic E-state index is 0.731. The van der Waals surface area contributed by atoms with Crippen molar-refractivity contribution < 1.29 is 0 Å². The molecule has 0 fully saturated rings. The first-order valence-electron chi connectivity index (χ1n) is 5.24. The maximum absolute atomic E-state index is 6.03. The normalized spacial score (nSPS) is 10.8. The molecule has 0 bridgehead atoms. The zero-order valence-corrected chi connectivity index (χ0v) is 12.0. The topological polar surface area (TPSA) is 56.7 Å². The number of anilines is 1. The zero-order chi connectivity index (χ0) is 12.4. The van der Waals surface area contributed by atoms with Gasteiger partial charge < -0.3 is 5.73 Å². The molecule has 0 aliphatic carbocycles. The molecule has 2 N–H and O–H groups in total. The molecule has 0 aliphatic rings. The number of pyridine rings is 1. The van der Waals surface area contributed by atoms with Crippen LogP contribution in [0.3, 0.4) is 0 Å². The van der Waals surface area contributed by atoms with Crippen LogP contribution in [0, 0.1) is 6.92 Å². The molecule has 0 saturated carbocycles. The van der Waals surface area contributed by atoms with E-state index < -0.39 is 0 Å². The number of aryl methyl sites for hydroxylation is 2. The highest BCUT2D eigenvalue weighted by atomic mass is 79.9. The molecule has 0 radical (unpaired) electrons. The van der Waals surface area contributed by atoms with Crippen molar-refractivity contribution >= 4 is 33.4 Å². The molecule has 0 aromatic carbocycles. The maximum atomic E-state index is 6.03. The summed E-state index contributed by atoms with van der Waals surface area (Å²) < 4.78 is 2.86. The fraction of sp³-hybridized carbons (Fsp3) is 0.273. The molecule has 90 valence electrons. The van der Waals surface area contributed by atoms with Gasteiger partial charge in [0.05, 0.1) is 15.9 Å². The van der Waals surface area contributed by atoms with Crippen LogP contribution in [0.25, 0.3) is 0 Å². The van der Waals surface area contributed by atoms with Gasteiger partial charge in [0.15, 0.2) is 0 Å². The van der Waals surface area contributed by atoms with E-state index in [4.69, 9.17) is 5.73 Å². The van der Waals surface area contributed by atoms with E-state index in [9.17, 15) is 0 Å². The first kappa shape index (κ1) is 12.4. The number of hydrogen-bond donors (Lipinski definition) is 1. The van der Waals surface area contributed by atoms with Crippen LogP contribution in [0.15, 0.2) is 32.9 Å². The van der Waals surface area contributed by atoms with E-state index in [0.29, 0.717) is 0 Å². The van der Waals surface area contributed by atoms with Crippen molar-refractivity contribution in [2.45, 2.75) is 30.4 Å². The lowest BCUT2D eigenvalue weighted by Gasteiger charge is -2.05. The zero-order valence-electron chi connectivity index (χ0n) is 9.64. The Hall–Kier alpha value is -1.01. The van der Waals surface area contributed by atoms with Gasteiger partial charge in [-0.05, 0) is 53.7 Å². The minimum absolute atomic E-state index is 0.731. The van der Waals surface area contributed by atoms with Gasteiger partial charge in [-0.25, -0.2) is 4.98 Å². The predicted octanol–water partition coefficient (Wildman–Crippen LogP) is 3.10. The highest BCUT2D eigenvalue weighted by Crippen LogP contribution is 2.35. The van der Waals surface area contributed by atoms with E-state index in [-0.39, 0.29) is 0 Å². The average molecular weight is 313 g/mol. The lowest BCUT2D eigenvalue weighted by Crippen LogP contribution is -1.99. The van der Waals surface area contributed by atoms with Crippen LogP contribution < -0.4 is 5.73 Å². The van der Waals surface area contributed by atoms with Gasteiger partial charge in [-0.3, -0.25) is 4.68 Å². The van der Waals surface area contributed by atoms with Gasteiger partial charge in [-0.1, -0.05) is 0 Å². The van der Waals surface area contributed by atoms with Gasteiger partial charge in [0.25, 0.3) is 0 Å². The third-order valence-corrected chi connectivity index (χ3v) is 4.39. The van der Waals surface area contributed by atoms with E-state index >= 15 is 0 Å². The Kier molecular flexibility index (Phi) is 3.73. The maximum Gasteiger partial charge on any atom is 0.124 e. The molecule has 0 saturated heterocycles. The molecule has 0 unspecified atom stereocenters. The van der Waals surface area contributed by atoms with Gasteiger partial charge in [-0.15, -0.1) is 0 Å². The van der Waals surface area contributed by atoms with Crippen LogP contribution >= 0.6 is 27.7 Å². The van der Waals surface area contributed by atoms with E-state index in [1.807, 2.05) is 30.7 Å². The molecular weight excluding hydrogens is 300 g/mol. The largest absolute Gasteiger partial charge is 0.395 e. The van der Waals surface area contributed by atoms with Crippen LogP contribution in [-0.2, 0) is 6.54 Å². The number of nitrogen functional groups attached to an aromatic ring is 1. The van der Waals surface area contributed by atoms with E-state index in [1.54, 1.807) is 6.20 Å². The number of halogens is 1. The number of aromatic nitrogens is 3. The van der Waals surface area contributed by atoms with Crippen LogP contribution in [-0.4, -0.2) is 14.8 Å². The molecule has 0 amide bonds. The molecule has 2 rings (SSSR count). The van der Waals surface area contributed by atoms with Gasteiger partial charge in [0.1, 0.15) is 10.1 Å². The van der Waals surface area contributed by atoms with E-state index in [1.165, 1.54) is 11.8 Å². The monoisotopic (exact) mass is 312 g/mol. The quantitative estimate of drug-likeness (QED) is 0.946. The van der Waals surface area contributed by atoms with E-state index in [2.05, 4.69) is 26.0 Å². The molecule has 0 spiro atoms. The van der Waals surface area contributed by atoms with Gasteiger partial charge >= 0.3 is 0 Å². The van der Waals surface area contributed by atoms with E-state index in [0.717, 1.165) is 32.5 Å². The minimum Gasteiger partial charge on any atom is -0.395 e. The van der Waals surface area contributed by atoms with Crippen LogP contribution in [0.1, 0.15) is 12.6 Å². The fourth-order valence-corrected chi connectivity index (χ4v) is 2.93. The molecule has 0 atom stereocenters. The number of rotatable bonds is 3. The summed E-state index contributed by atoms with van der Waals surface area (Å²) in [6, 6.07) is 3.85. The summed E-state index contributed by atoms with van der Waals surface area (Å²) in [4.78, 5) is 4.32. The Labute approximate surface area is 113 Å². The second-order valence-corrected chi connectivity index (χ2v) is 5.34. The van der Waals surface area contributed by atoms with Crippen LogP contribution in [0.5, 0.6) is 0 Å². The smallest absolute Gasteiger partial charge is 0.124 e. The summed E-state index contributed by atoms with van der Waals surface area (Å²) in [5.74, 6) is 0. The molecular formula is C11H13BrN4S.